The van der Waals surface area contributed by atoms with E-state index in [1.165, 1.54) is 24.3 Å². The maximum atomic E-state index is 13.1. The van der Waals surface area contributed by atoms with Crippen LogP contribution in [-0.4, -0.2) is 70.3 Å². The van der Waals surface area contributed by atoms with Crippen LogP contribution in [0, 0.1) is 11.6 Å². The topological polar surface area (TPSA) is 157 Å². The molecule has 52 heavy (non-hydrogen) atoms. The van der Waals surface area contributed by atoms with E-state index >= 15 is 0 Å². The average molecular weight is 737 g/mol. The Morgan fingerprint density at radius 2 is 1.19 bits per heavy atom. The Bertz CT molecular complexity index is 1680. The van der Waals surface area contributed by atoms with Crippen molar-refractivity contribution < 1.29 is 45.8 Å². The van der Waals surface area contributed by atoms with E-state index < -0.39 is 24.4 Å². The first-order valence-electron chi connectivity index (χ1n) is 16.7. The van der Waals surface area contributed by atoms with Crippen LogP contribution in [0.5, 0.6) is 0 Å². The Labute approximate surface area is 299 Å². The number of hydrogen-bond donors (Lipinski definition) is 2. The molecule has 0 fully saturated rings. The second kappa shape index (κ2) is 21.4. The molecule has 0 unspecified atom stereocenters. The summed E-state index contributed by atoms with van der Waals surface area (Å²) in [6.45, 7) is 9.91. The Kier molecular flexibility index (Phi) is 17.8. The summed E-state index contributed by atoms with van der Waals surface area (Å²) < 4.78 is 71.1. The van der Waals surface area contributed by atoms with Crippen LogP contribution in [0.15, 0.2) is 48.5 Å². The molecule has 11 nitrogen and oxygen atoms in total. The molecular weight excluding hydrogens is 691 g/mol. The molecule has 4 N–H and O–H groups in total. The number of alkyl halides is 3. The molecule has 0 radical (unpaired) electrons. The van der Waals surface area contributed by atoms with Gasteiger partial charge in [0.25, 0.3) is 0 Å². The van der Waals surface area contributed by atoms with Crippen molar-refractivity contribution in [3.05, 3.63) is 105 Å². The second-order valence-electron chi connectivity index (χ2n) is 11.0. The van der Waals surface area contributed by atoms with Gasteiger partial charge in [0.05, 0.1) is 32.0 Å². The van der Waals surface area contributed by atoms with Gasteiger partial charge in [-0.25, -0.2) is 18.4 Å². The number of carbonyl (C=O) groups excluding carboxylic acids is 3. The number of benzene rings is 2. The summed E-state index contributed by atoms with van der Waals surface area (Å²) in [5, 5.41) is 8.89. The second-order valence-corrected chi connectivity index (χ2v) is 11.0. The molecule has 0 atom stereocenters. The van der Waals surface area contributed by atoms with Gasteiger partial charge in [-0.1, -0.05) is 38.1 Å². The number of rotatable bonds is 14. The molecule has 2 aromatic carbocycles. The third-order valence-corrected chi connectivity index (χ3v) is 7.31. The lowest BCUT2D eigenvalue weighted by Gasteiger charge is -2.08. The predicted octanol–water partition coefficient (Wildman–Crippen LogP) is 5.37. The van der Waals surface area contributed by atoms with Crippen molar-refractivity contribution >= 4 is 18.2 Å². The van der Waals surface area contributed by atoms with E-state index in [1.807, 2.05) is 13.8 Å². The third kappa shape index (κ3) is 13.0. The van der Waals surface area contributed by atoms with Crippen LogP contribution in [0.2, 0.25) is 0 Å². The van der Waals surface area contributed by atoms with E-state index in [4.69, 9.17) is 25.7 Å². The van der Waals surface area contributed by atoms with Gasteiger partial charge in [-0.3, -0.25) is 14.2 Å². The molecule has 0 aliphatic rings. The van der Waals surface area contributed by atoms with E-state index in [-0.39, 0.29) is 11.6 Å². The minimum atomic E-state index is -4.64. The summed E-state index contributed by atoms with van der Waals surface area (Å²) in [5.74, 6) is -1.40. The van der Waals surface area contributed by atoms with E-state index in [9.17, 15) is 31.5 Å². The minimum absolute atomic E-state index is 0.283. The third-order valence-electron chi connectivity index (χ3n) is 7.31. The van der Waals surface area contributed by atoms with Crippen LogP contribution >= 0.6 is 0 Å². The van der Waals surface area contributed by atoms with Gasteiger partial charge in [-0.15, -0.1) is 0 Å². The highest BCUT2D eigenvalue weighted by Gasteiger charge is 2.26. The van der Waals surface area contributed by atoms with Crippen molar-refractivity contribution in [2.75, 3.05) is 26.3 Å². The zero-order valence-corrected chi connectivity index (χ0v) is 29.6. The molecule has 0 aliphatic carbocycles. The SMILES string of the molecule is CCOC(=O)c1c(Cc2ccc(F)cc2)c(CC)nn1CCN.CCOC(=O)c1nn(CCN)c(CC)c1Cc1ccc(F)cc1.O=CC(F)(F)F. The van der Waals surface area contributed by atoms with Crippen molar-refractivity contribution in [1.29, 1.82) is 0 Å². The molecule has 2 heterocycles. The summed E-state index contributed by atoms with van der Waals surface area (Å²) in [5.41, 5.74) is 17.3. The number of carbonyl (C=O) groups is 3. The van der Waals surface area contributed by atoms with Crippen LogP contribution in [0.4, 0.5) is 22.0 Å². The highest BCUT2D eigenvalue weighted by atomic mass is 19.4. The number of nitrogens with two attached hydrogens (primary N) is 2. The molecule has 16 heteroatoms. The van der Waals surface area contributed by atoms with Gasteiger partial charge < -0.3 is 20.9 Å². The summed E-state index contributed by atoms with van der Waals surface area (Å²) in [4.78, 5) is 33.3. The first-order chi connectivity index (χ1) is 24.8. The fourth-order valence-corrected chi connectivity index (χ4v) is 5.13. The monoisotopic (exact) mass is 736 g/mol. The summed E-state index contributed by atoms with van der Waals surface area (Å²) in [7, 11) is 0. The van der Waals surface area contributed by atoms with Crippen LogP contribution in [0.25, 0.3) is 0 Å². The molecule has 0 spiro atoms. The van der Waals surface area contributed by atoms with Crippen LogP contribution in [0.1, 0.15) is 82.3 Å². The van der Waals surface area contributed by atoms with Gasteiger partial charge in [0.2, 0.25) is 6.29 Å². The van der Waals surface area contributed by atoms with Gasteiger partial charge in [-0.05, 0) is 62.1 Å². The van der Waals surface area contributed by atoms with E-state index in [0.29, 0.717) is 70.0 Å². The first-order valence-corrected chi connectivity index (χ1v) is 16.7. The quantitative estimate of drug-likeness (QED) is 0.0987. The van der Waals surface area contributed by atoms with Crippen LogP contribution in [-0.2, 0) is 53.0 Å². The van der Waals surface area contributed by atoms with Crippen molar-refractivity contribution in [3.8, 4) is 0 Å². The van der Waals surface area contributed by atoms with Gasteiger partial charge in [0, 0.05) is 42.8 Å². The van der Waals surface area contributed by atoms with Crippen LogP contribution in [0.3, 0.4) is 0 Å². The number of aryl methyl sites for hydroxylation is 1. The number of esters is 2. The zero-order valence-electron chi connectivity index (χ0n) is 29.6. The molecule has 0 bridgehead atoms. The average Bonchev–Trinajstić information content (AvgIpc) is 3.64. The minimum Gasteiger partial charge on any atom is -0.461 e. The summed E-state index contributed by atoms with van der Waals surface area (Å²) >= 11 is 0. The number of halogens is 5. The van der Waals surface area contributed by atoms with Crippen molar-refractivity contribution in [1.82, 2.24) is 19.6 Å². The lowest BCUT2D eigenvalue weighted by molar-refractivity contribution is -0.156. The highest BCUT2D eigenvalue weighted by Crippen LogP contribution is 2.23. The smallest absolute Gasteiger partial charge is 0.446 e. The van der Waals surface area contributed by atoms with Crippen molar-refractivity contribution in [2.24, 2.45) is 11.5 Å². The molecule has 4 aromatic rings. The Morgan fingerprint density at radius 3 is 1.62 bits per heavy atom. The standard InChI is InChI=1S/2C17H22FN3O2.C2HF3O/c1-3-15-14(11-12-5-7-13(18)8-6-12)16(17(22)23-4-2)20-21(15)10-9-19;1-3-15-14(11-12-5-7-13(18)8-6-12)16(17(22)23-4-2)21(20-15)10-9-19;3-2(4,5)1-6/h2*5-8H,3-4,9-11,19H2,1-2H3;1H. The van der Waals surface area contributed by atoms with E-state index in [1.54, 1.807) is 47.5 Å². The molecular formula is C36H45F5N6O5. The van der Waals surface area contributed by atoms with Gasteiger partial charge in [0.1, 0.15) is 17.3 Å². The maximum Gasteiger partial charge on any atom is 0.446 e. The van der Waals surface area contributed by atoms with Crippen molar-refractivity contribution in [2.45, 2.75) is 72.6 Å². The Morgan fingerprint density at radius 1 is 0.731 bits per heavy atom. The van der Waals surface area contributed by atoms with Gasteiger partial charge >= 0.3 is 18.1 Å². The molecule has 2 aromatic heterocycles. The largest absolute Gasteiger partial charge is 0.461 e. The molecule has 0 amide bonds. The lowest BCUT2D eigenvalue weighted by atomic mass is 10.0. The van der Waals surface area contributed by atoms with Gasteiger partial charge in [-0.2, -0.15) is 23.4 Å². The van der Waals surface area contributed by atoms with E-state index in [0.717, 1.165) is 40.1 Å². The normalized spacial score (nSPS) is 10.8. The predicted molar refractivity (Wildman–Crippen MR) is 184 cm³/mol. The number of hydrogen-bond acceptors (Lipinski definition) is 9. The first kappa shape index (κ1) is 43.2. The van der Waals surface area contributed by atoms with Crippen LogP contribution < -0.4 is 11.5 Å². The summed E-state index contributed by atoms with van der Waals surface area (Å²) in [6, 6.07) is 12.5. The molecule has 0 aliphatic heterocycles. The van der Waals surface area contributed by atoms with Gasteiger partial charge in [0.15, 0.2) is 5.69 Å². The number of nitrogens with zero attached hydrogens (tertiary/aromatic N) is 4. The number of aromatic nitrogens is 4. The lowest BCUT2D eigenvalue weighted by Crippen LogP contribution is -2.19. The maximum absolute atomic E-state index is 13.1. The highest BCUT2D eigenvalue weighted by molar-refractivity contribution is 5.90. The van der Waals surface area contributed by atoms with E-state index in [2.05, 4.69) is 10.2 Å². The number of aldehydes is 1. The number of ether oxygens (including phenoxy) is 2. The zero-order chi connectivity index (χ0) is 38.8. The molecule has 284 valence electrons. The fraction of sp³-hybridized carbons (Fsp3) is 0.417. The molecule has 0 saturated carbocycles. The Balaban J connectivity index is 0.000000312. The Hall–Kier alpha value is -4.96. The fourth-order valence-electron chi connectivity index (χ4n) is 5.13. The molecule has 0 saturated heterocycles. The summed E-state index contributed by atoms with van der Waals surface area (Å²) in [6.07, 6.45) is -3.28. The van der Waals surface area contributed by atoms with Crippen molar-refractivity contribution in [3.63, 3.8) is 0 Å². The molecule has 4 rings (SSSR count).